The monoisotopic (exact) mass is 198 g/mol. The number of rotatable bonds is 0. The maximum absolute atomic E-state index is 9.65. The zero-order chi connectivity index (χ0) is 9.81. The van der Waals surface area contributed by atoms with Crippen LogP contribution in [0.4, 0.5) is 0 Å². The number of aliphatic hydroxyl groups is 1. The van der Waals surface area contributed by atoms with Gasteiger partial charge >= 0.3 is 0 Å². The highest BCUT2D eigenvalue weighted by Crippen LogP contribution is 2.59. The van der Waals surface area contributed by atoms with E-state index >= 15 is 0 Å². The van der Waals surface area contributed by atoms with Crippen LogP contribution in [0.3, 0.4) is 0 Å². The van der Waals surface area contributed by atoms with Crippen LogP contribution in [0.15, 0.2) is 0 Å². The van der Waals surface area contributed by atoms with Crippen molar-refractivity contribution in [2.75, 3.05) is 13.2 Å². The Hall–Kier alpha value is -0.120. The summed E-state index contributed by atoms with van der Waals surface area (Å²) >= 11 is 0. The fourth-order valence-corrected chi connectivity index (χ4v) is 3.73. The average molecular weight is 198 g/mol. The highest BCUT2D eigenvalue weighted by Gasteiger charge is 2.58. The molecule has 2 aliphatic carbocycles. The van der Waals surface area contributed by atoms with Gasteiger partial charge in [0.15, 0.2) is 5.79 Å². The molecule has 3 fully saturated rings. The lowest BCUT2D eigenvalue weighted by molar-refractivity contribution is -0.159. The number of hydrogen-bond acceptors (Lipinski definition) is 3. The minimum absolute atomic E-state index is 0.0937. The number of hydrogen-bond donors (Lipinski definition) is 1. The molecule has 3 atom stereocenters. The van der Waals surface area contributed by atoms with E-state index in [0.717, 1.165) is 38.9 Å². The van der Waals surface area contributed by atoms with Crippen molar-refractivity contribution in [3.63, 3.8) is 0 Å². The van der Waals surface area contributed by atoms with E-state index in [1.165, 1.54) is 0 Å². The smallest absolute Gasteiger partial charge is 0.169 e. The predicted molar refractivity (Wildman–Crippen MR) is 50.7 cm³/mol. The van der Waals surface area contributed by atoms with Crippen LogP contribution >= 0.6 is 0 Å². The Morgan fingerprint density at radius 2 is 1.93 bits per heavy atom. The van der Waals surface area contributed by atoms with E-state index in [-0.39, 0.29) is 17.3 Å². The van der Waals surface area contributed by atoms with Crippen molar-refractivity contribution in [1.29, 1.82) is 0 Å². The first kappa shape index (κ1) is 9.13. The van der Waals surface area contributed by atoms with Gasteiger partial charge in [-0.2, -0.15) is 0 Å². The van der Waals surface area contributed by atoms with Crippen LogP contribution in [0.1, 0.15) is 32.6 Å². The average Bonchev–Trinajstić information content (AvgIpc) is 2.65. The summed E-state index contributed by atoms with van der Waals surface area (Å²) in [6, 6.07) is 0. The molecule has 3 heteroatoms. The van der Waals surface area contributed by atoms with E-state index in [4.69, 9.17) is 9.47 Å². The van der Waals surface area contributed by atoms with Crippen LogP contribution in [0, 0.1) is 11.3 Å². The summed E-state index contributed by atoms with van der Waals surface area (Å²) < 4.78 is 11.5. The molecule has 1 heterocycles. The molecule has 0 bridgehead atoms. The molecule has 3 rings (SSSR count). The lowest BCUT2D eigenvalue weighted by Crippen LogP contribution is -2.29. The molecule has 1 spiro atoms. The van der Waals surface area contributed by atoms with Crippen molar-refractivity contribution in [2.24, 2.45) is 11.3 Å². The van der Waals surface area contributed by atoms with Crippen LogP contribution in [-0.2, 0) is 9.47 Å². The third kappa shape index (κ3) is 1.16. The third-order valence-corrected chi connectivity index (χ3v) is 4.29. The van der Waals surface area contributed by atoms with Gasteiger partial charge < -0.3 is 14.6 Å². The van der Waals surface area contributed by atoms with Crippen LogP contribution in [0.2, 0.25) is 0 Å². The molecule has 0 aromatic heterocycles. The minimum atomic E-state index is -0.278. The molecule has 14 heavy (non-hydrogen) atoms. The molecule has 0 radical (unpaired) electrons. The first-order valence-corrected chi connectivity index (χ1v) is 5.58. The normalized spacial score (nSPS) is 50.1. The zero-order valence-corrected chi connectivity index (χ0v) is 8.66. The molecular formula is C11H18O3. The Labute approximate surface area is 84.4 Å². The van der Waals surface area contributed by atoms with Gasteiger partial charge in [0.25, 0.3) is 0 Å². The van der Waals surface area contributed by atoms with Gasteiger partial charge in [-0.25, -0.2) is 0 Å². The zero-order valence-electron chi connectivity index (χ0n) is 8.66. The molecule has 2 saturated carbocycles. The third-order valence-electron chi connectivity index (χ3n) is 4.29. The summed E-state index contributed by atoms with van der Waals surface area (Å²) in [6.45, 7) is 3.75. The molecule has 3 aliphatic rings. The number of fused-ring (bicyclic) bond motifs is 1. The summed E-state index contributed by atoms with van der Waals surface area (Å²) in [5.41, 5.74) is 0.254. The van der Waals surface area contributed by atoms with Gasteiger partial charge in [0.2, 0.25) is 0 Å². The van der Waals surface area contributed by atoms with E-state index in [0.29, 0.717) is 5.92 Å². The van der Waals surface area contributed by atoms with Gasteiger partial charge in [0.1, 0.15) is 0 Å². The van der Waals surface area contributed by atoms with Crippen molar-refractivity contribution < 1.29 is 14.6 Å². The summed E-state index contributed by atoms with van der Waals surface area (Å²) in [4.78, 5) is 0. The molecule has 0 unspecified atom stereocenters. The Morgan fingerprint density at radius 1 is 1.21 bits per heavy atom. The quantitative estimate of drug-likeness (QED) is 0.637. The Morgan fingerprint density at radius 3 is 2.57 bits per heavy atom. The molecular weight excluding hydrogens is 180 g/mol. The first-order chi connectivity index (χ1) is 6.62. The SMILES string of the molecule is C[C@@]12C[C@H](O)C[C@@H]1CC1(C2)OCCO1. The van der Waals surface area contributed by atoms with Crippen molar-refractivity contribution in [3.8, 4) is 0 Å². The Kier molecular flexibility index (Phi) is 1.77. The number of aliphatic hydroxyl groups excluding tert-OH is 1. The van der Waals surface area contributed by atoms with E-state index < -0.39 is 0 Å². The van der Waals surface area contributed by atoms with Gasteiger partial charge in [0, 0.05) is 12.8 Å². The summed E-state index contributed by atoms with van der Waals surface area (Å²) in [7, 11) is 0. The highest BCUT2D eigenvalue weighted by molar-refractivity contribution is 5.04. The van der Waals surface area contributed by atoms with Crippen molar-refractivity contribution in [1.82, 2.24) is 0 Å². The van der Waals surface area contributed by atoms with Gasteiger partial charge in [-0.15, -0.1) is 0 Å². The highest BCUT2D eigenvalue weighted by atomic mass is 16.7. The fourth-order valence-electron chi connectivity index (χ4n) is 3.73. The van der Waals surface area contributed by atoms with Crippen LogP contribution < -0.4 is 0 Å². The molecule has 0 amide bonds. The molecule has 0 aromatic rings. The largest absolute Gasteiger partial charge is 0.393 e. The van der Waals surface area contributed by atoms with E-state index in [1.807, 2.05) is 0 Å². The second kappa shape index (κ2) is 2.71. The second-order valence-electron chi connectivity index (χ2n) is 5.43. The summed E-state index contributed by atoms with van der Waals surface area (Å²) in [5, 5.41) is 9.65. The van der Waals surface area contributed by atoms with E-state index in [9.17, 15) is 5.11 Å². The number of ether oxygens (including phenoxy) is 2. The van der Waals surface area contributed by atoms with Crippen LogP contribution in [0.25, 0.3) is 0 Å². The lowest BCUT2D eigenvalue weighted by Gasteiger charge is -2.26. The second-order valence-corrected chi connectivity index (χ2v) is 5.43. The first-order valence-electron chi connectivity index (χ1n) is 5.58. The Balaban J connectivity index is 1.82. The predicted octanol–water partition coefficient (Wildman–Crippen LogP) is 1.30. The van der Waals surface area contributed by atoms with Gasteiger partial charge in [-0.1, -0.05) is 6.92 Å². The minimum Gasteiger partial charge on any atom is -0.393 e. The van der Waals surface area contributed by atoms with Crippen molar-refractivity contribution in [3.05, 3.63) is 0 Å². The molecule has 3 nitrogen and oxygen atoms in total. The van der Waals surface area contributed by atoms with Gasteiger partial charge in [-0.05, 0) is 24.2 Å². The molecule has 1 aliphatic heterocycles. The fraction of sp³-hybridized carbons (Fsp3) is 1.00. The summed E-state index contributed by atoms with van der Waals surface area (Å²) in [5.74, 6) is 0.315. The molecule has 1 N–H and O–H groups in total. The molecule has 80 valence electrons. The maximum Gasteiger partial charge on any atom is 0.169 e. The summed E-state index contributed by atoms with van der Waals surface area (Å²) in [6.07, 6.45) is 3.73. The Bertz CT molecular complexity index is 247. The maximum atomic E-state index is 9.65. The molecule has 1 saturated heterocycles. The van der Waals surface area contributed by atoms with Crippen molar-refractivity contribution in [2.45, 2.75) is 44.5 Å². The van der Waals surface area contributed by atoms with Gasteiger partial charge in [0.05, 0.1) is 19.3 Å². The van der Waals surface area contributed by atoms with Crippen LogP contribution in [-0.4, -0.2) is 30.2 Å². The van der Waals surface area contributed by atoms with E-state index in [2.05, 4.69) is 6.92 Å². The molecule has 0 aromatic carbocycles. The topological polar surface area (TPSA) is 38.7 Å². The van der Waals surface area contributed by atoms with Crippen LogP contribution in [0.5, 0.6) is 0 Å². The van der Waals surface area contributed by atoms with E-state index in [1.54, 1.807) is 0 Å². The lowest BCUT2D eigenvalue weighted by atomic mass is 9.83. The van der Waals surface area contributed by atoms with Gasteiger partial charge in [-0.3, -0.25) is 0 Å². The standard InChI is InChI=1S/C11H18O3/c1-10-6-9(12)4-8(10)5-11(7-10)13-2-3-14-11/h8-9,12H,2-7H2,1H3/t8-,9-,10+/m1/s1. The van der Waals surface area contributed by atoms with Crippen molar-refractivity contribution >= 4 is 0 Å².